The molecule has 0 bridgehead atoms. The van der Waals surface area contributed by atoms with Crippen molar-refractivity contribution in [3.63, 3.8) is 0 Å². The summed E-state index contributed by atoms with van der Waals surface area (Å²) in [6.07, 6.45) is 0. The molecular weight excluding hydrogens is 274 g/mol. The molecule has 2 aromatic rings. The van der Waals surface area contributed by atoms with Crippen LogP contribution in [0.5, 0.6) is 11.5 Å². The van der Waals surface area contributed by atoms with E-state index < -0.39 is 0 Å². The van der Waals surface area contributed by atoms with Gasteiger partial charge in [0.2, 0.25) is 0 Å². The fraction of sp³-hybridized carbons (Fsp3) is 0.250. The quantitative estimate of drug-likeness (QED) is 0.902. The van der Waals surface area contributed by atoms with E-state index >= 15 is 0 Å². The van der Waals surface area contributed by atoms with Crippen LogP contribution in [0, 0.1) is 0 Å². The van der Waals surface area contributed by atoms with Crippen molar-refractivity contribution in [2.45, 2.75) is 19.0 Å². The molecule has 2 atom stereocenters. The zero-order valence-corrected chi connectivity index (χ0v) is 11.9. The third-order valence-electron chi connectivity index (χ3n) is 3.58. The van der Waals surface area contributed by atoms with Crippen LogP contribution in [-0.2, 0) is 0 Å². The summed E-state index contributed by atoms with van der Waals surface area (Å²) in [5.74, 6) is 0.980. The third-order valence-corrected chi connectivity index (χ3v) is 3.81. The molecule has 0 aliphatic carbocycles. The average Bonchev–Trinajstić information content (AvgIpc) is 2.81. The molecule has 0 amide bonds. The monoisotopic (exact) mass is 289 g/mol. The van der Waals surface area contributed by atoms with Crippen molar-refractivity contribution < 1.29 is 9.84 Å². The Balaban J connectivity index is 1.77. The highest BCUT2D eigenvalue weighted by Crippen LogP contribution is 2.36. The number of phenolic OH excluding ortho intramolecular Hbond substituents is 1. The van der Waals surface area contributed by atoms with Crippen LogP contribution in [0.25, 0.3) is 0 Å². The zero-order chi connectivity index (χ0) is 14.1. The van der Waals surface area contributed by atoms with Crippen molar-refractivity contribution in [2.24, 2.45) is 0 Å². The van der Waals surface area contributed by atoms with Gasteiger partial charge in [-0.05, 0) is 36.8 Å². The van der Waals surface area contributed by atoms with E-state index in [0.717, 1.165) is 21.9 Å². The molecular formula is C16H16ClNO2. The van der Waals surface area contributed by atoms with Gasteiger partial charge in [0, 0.05) is 22.7 Å². The minimum atomic E-state index is 0.125. The molecule has 3 nitrogen and oxygen atoms in total. The number of phenols is 1. The first kappa shape index (κ1) is 13.3. The molecule has 0 saturated carbocycles. The molecule has 0 radical (unpaired) electrons. The van der Waals surface area contributed by atoms with Gasteiger partial charge >= 0.3 is 0 Å². The highest BCUT2D eigenvalue weighted by molar-refractivity contribution is 6.30. The molecule has 3 rings (SSSR count). The van der Waals surface area contributed by atoms with Crippen molar-refractivity contribution in [3.8, 4) is 11.5 Å². The van der Waals surface area contributed by atoms with E-state index in [1.54, 1.807) is 12.1 Å². The number of halogens is 1. The standard InChI is InChI=1S/C16H16ClNO2/c1-10(11-3-2-4-12(17)7-11)18-15-9-20-16-8-13(19)5-6-14(15)16/h2-8,10,15,18-19H,9H2,1H3/t10-,15?/m0/s1. The second-order valence-electron chi connectivity index (χ2n) is 5.03. The summed E-state index contributed by atoms with van der Waals surface area (Å²) in [5, 5.41) is 13.7. The van der Waals surface area contributed by atoms with Gasteiger partial charge in [-0.2, -0.15) is 0 Å². The lowest BCUT2D eigenvalue weighted by Gasteiger charge is -2.19. The van der Waals surface area contributed by atoms with E-state index in [1.807, 2.05) is 24.3 Å². The average molecular weight is 290 g/mol. The van der Waals surface area contributed by atoms with Crippen LogP contribution < -0.4 is 10.1 Å². The molecule has 0 aromatic heterocycles. The number of fused-ring (bicyclic) bond motifs is 1. The van der Waals surface area contributed by atoms with Crippen molar-refractivity contribution in [1.82, 2.24) is 5.32 Å². The van der Waals surface area contributed by atoms with E-state index in [-0.39, 0.29) is 17.8 Å². The van der Waals surface area contributed by atoms with Crippen LogP contribution in [0.15, 0.2) is 42.5 Å². The topological polar surface area (TPSA) is 41.5 Å². The van der Waals surface area contributed by atoms with Gasteiger partial charge in [-0.15, -0.1) is 0 Å². The Hall–Kier alpha value is -1.71. The highest BCUT2D eigenvalue weighted by atomic mass is 35.5. The van der Waals surface area contributed by atoms with Gasteiger partial charge in [-0.1, -0.05) is 23.7 Å². The molecule has 20 heavy (non-hydrogen) atoms. The second-order valence-corrected chi connectivity index (χ2v) is 5.47. The minimum absolute atomic E-state index is 0.125. The highest BCUT2D eigenvalue weighted by Gasteiger charge is 2.25. The van der Waals surface area contributed by atoms with Gasteiger partial charge in [0.15, 0.2) is 0 Å². The van der Waals surface area contributed by atoms with E-state index in [1.165, 1.54) is 0 Å². The Morgan fingerprint density at radius 3 is 2.95 bits per heavy atom. The molecule has 1 aliphatic heterocycles. The lowest BCUT2D eigenvalue weighted by atomic mass is 10.0. The van der Waals surface area contributed by atoms with Crippen LogP contribution in [0.4, 0.5) is 0 Å². The first-order valence-electron chi connectivity index (χ1n) is 6.61. The third kappa shape index (κ3) is 2.60. The molecule has 104 valence electrons. The molecule has 0 fully saturated rings. The normalized spacial score (nSPS) is 18.4. The van der Waals surface area contributed by atoms with E-state index in [4.69, 9.17) is 16.3 Å². The Morgan fingerprint density at radius 1 is 1.30 bits per heavy atom. The van der Waals surface area contributed by atoms with Gasteiger partial charge in [-0.3, -0.25) is 0 Å². The predicted molar refractivity (Wildman–Crippen MR) is 79.3 cm³/mol. The van der Waals surface area contributed by atoms with Crippen LogP contribution in [0.3, 0.4) is 0 Å². The Kier molecular flexibility index (Phi) is 3.55. The van der Waals surface area contributed by atoms with Gasteiger partial charge in [0.25, 0.3) is 0 Å². The first-order valence-corrected chi connectivity index (χ1v) is 6.98. The molecule has 0 saturated heterocycles. The van der Waals surface area contributed by atoms with Crippen molar-refractivity contribution in [3.05, 3.63) is 58.6 Å². The number of hydrogen-bond acceptors (Lipinski definition) is 3. The fourth-order valence-corrected chi connectivity index (χ4v) is 2.71. The summed E-state index contributed by atoms with van der Waals surface area (Å²) in [4.78, 5) is 0. The summed E-state index contributed by atoms with van der Waals surface area (Å²) in [6, 6.07) is 13.4. The largest absolute Gasteiger partial charge is 0.508 e. The lowest BCUT2D eigenvalue weighted by Crippen LogP contribution is -2.25. The van der Waals surface area contributed by atoms with Crippen molar-refractivity contribution in [2.75, 3.05) is 6.61 Å². The number of rotatable bonds is 3. The van der Waals surface area contributed by atoms with Gasteiger partial charge in [0.1, 0.15) is 18.1 Å². The summed E-state index contributed by atoms with van der Waals surface area (Å²) < 4.78 is 5.60. The van der Waals surface area contributed by atoms with Gasteiger partial charge < -0.3 is 15.2 Å². The lowest BCUT2D eigenvalue weighted by molar-refractivity contribution is 0.300. The van der Waals surface area contributed by atoms with Crippen LogP contribution >= 0.6 is 11.6 Å². The molecule has 0 spiro atoms. The van der Waals surface area contributed by atoms with E-state index in [2.05, 4.69) is 18.3 Å². The fourth-order valence-electron chi connectivity index (χ4n) is 2.51. The minimum Gasteiger partial charge on any atom is -0.508 e. The van der Waals surface area contributed by atoms with Crippen LogP contribution in [-0.4, -0.2) is 11.7 Å². The van der Waals surface area contributed by atoms with Crippen molar-refractivity contribution in [1.29, 1.82) is 0 Å². The summed E-state index contributed by atoms with van der Waals surface area (Å²) in [5.41, 5.74) is 2.22. The summed E-state index contributed by atoms with van der Waals surface area (Å²) in [7, 11) is 0. The molecule has 1 aliphatic rings. The molecule has 1 heterocycles. The summed E-state index contributed by atoms with van der Waals surface area (Å²) in [6.45, 7) is 2.67. The summed E-state index contributed by atoms with van der Waals surface area (Å²) >= 11 is 6.02. The maximum Gasteiger partial charge on any atom is 0.127 e. The van der Waals surface area contributed by atoms with E-state index in [0.29, 0.717) is 6.61 Å². The maximum absolute atomic E-state index is 9.46. The smallest absolute Gasteiger partial charge is 0.127 e. The molecule has 2 N–H and O–H groups in total. The second kappa shape index (κ2) is 5.35. The SMILES string of the molecule is C[C@H](NC1COc2cc(O)ccc21)c1cccc(Cl)c1. The number of hydrogen-bond donors (Lipinski definition) is 2. The Bertz CT molecular complexity index is 630. The number of ether oxygens (including phenoxy) is 1. The molecule has 1 unspecified atom stereocenters. The Labute approximate surface area is 123 Å². The molecule has 4 heteroatoms. The predicted octanol–water partition coefficient (Wildman–Crippen LogP) is 3.83. The van der Waals surface area contributed by atoms with Crippen molar-refractivity contribution >= 4 is 11.6 Å². The Morgan fingerprint density at radius 2 is 2.15 bits per heavy atom. The maximum atomic E-state index is 9.46. The number of nitrogens with one attached hydrogen (secondary N) is 1. The number of aromatic hydroxyl groups is 1. The molecule has 2 aromatic carbocycles. The number of benzene rings is 2. The zero-order valence-electron chi connectivity index (χ0n) is 11.1. The van der Waals surface area contributed by atoms with E-state index in [9.17, 15) is 5.11 Å². The van der Waals surface area contributed by atoms with Crippen LogP contribution in [0.2, 0.25) is 5.02 Å². The first-order chi connectivity index (χ1) is 9.63. The van der Waals surface area contributed by atoms with Gasteiger partial charge in [0.05, 0.1) is 6.04 Å². The van der Waals surface area contributed by atoms with Crippen LogP contribution in [0.1, 0.15) is 30.1 Å². The van der Waals surface area contributed by atoms with Gasteiger partial charge in [-0.25, -0.2) is 0 Å².